The van der Waals surface area contributed by atoms with Crippen LogP contribution in [0.1, 0.15) is 0 Å². The molecular weight excluding hydrogens is 439 g/mol. The summed E-state index contributed by atoms with van der Waals surface area (Å²) in [4.78, 5) is 1.17. The average molecular weight is 445 g/mol. The van der Waals surface area contributed by atoms with Gasteiger partial charge in [0.15, 0.2) is 11.5 Å². The summed E-state index contributed by atoms with van der Waals surface area (Å²) in [6.45, 7) is 0. The molecule has 0 atom stereocenters. The third kappa shape index (κ3) is 3.16. The highest BCUT2D eigenvalue weighted by atomic mass is 79.9. The Morgan fingerprint density at radius 1 is 0.895 bits per heavy atom. The van der Waals surface area contributed by atoms with Crippen LogP contribution in [0.5, 0.6) is 11.5 Å². The van der Waals surface area contributed by atoms with Gasteiger partial charge in [-0.2, -0.15) is 0 Å². The molecule has 0 spiro atoms. The predicted octanol–water partition coefficient (Wildman–Crippen LogP) is 6.08. The summed E-state index contributed by atoms with van der Waals surface area (Å²) >= 11 is 19.7. The van der Waals surface area contributed by atoms with Crippen LogP contribution in [0.2, 0.25) is 10.0 Å². The second kappa shape index (κ2) is 6.14. The van der Waals surface area contributed by atoms with E-state index in [9.17, 15) is 10.2 Å². The van der Waals surface area contributed by atoms with Crippen molar-refractivity contribution < 1.29 is 10.2 Å². The zero-order valence-corrected chi connectivity index (χ0v) is 14.6. The fraction of sp³-hybridized carbons (Fsp3) is 0. The smallest absolute Gasteiger partial charge is 0.174 e. The topological polar surface area (TPSA) is 40.5 Å². The molecule has 7 heteroatoms. The number of benzene rings is 2. The van der Waals surface area contributed by atoms with Crippen LogP contribution in [0.4, 0.5) is 0 Å². The lowest BCUT2D eigenvalue weighted by Crippen LogP contribution is -1.83. The van der Waals surface area contributed by atoms with Crippen LogP contribution >= 0.6 is 66.8 Å². The molecule has 100 valence electrons. The Morgan fingerprint density at radius 2 is 1.47 bits per heavy atom. The van der Waals surface area contributed by atoms with Gasteiger partial charge in [0.2, 0.25) is 0 Å². The van der Waals surface area contributed by atoms with Crippen molar-refractivity contribution in [3.8, 4) is 11.5 Å². The summed E-state index contributed by atoms with van der Waals surface area (Å²) in [5, 5.41) is 20.1. The summed E-state index contributed by atoms with van der Waals surface area (Å²) in [6, 6.07) is 7.45. The van der Waals surface area contributed by atoms with Crippen molar-refractivity contribution in [1.29, 1.82) is 0 Å². The Balaban J connectivity index is 2.48. The van der Waals surface area contributed by atoms with Gasteiger partial charge in [-0.15, -0.1) is 0 Å². The van der Waals surface area contributed by atoms with E-state index in [1.165, 1.54) is 11.8 Å². The molecule has 0 unspecified atom stereocenters. The Morgan fingerprint density at radius 3 is 2.05 bits per heavy atom. The van der Waals surface area contributed by atoms with Crippen molar-refractivity contribution in [2.24, 2.45) is 0 Å². The zero-order chi connectivity index (χ0) is 14.2. The average Bonchev–Trinajstić information content (AvgIpc) is 2.41. The maximum atomic E-state index is 9.95. The van der Waals surface area contributed by atoms with Gasteiger partial charge in [-0.05, 0) is 40.2 Å². The largest absolute Gasteiger partial charge is 0.503 e. The molecular formula is C12H6Br2Cl2O2S. The predicted molar refractivity (Wildman–Crippen MR) is 85.8 cm³/mol. The Bertz CT molecular complexity index is 604. The van der Waals surface area contributed by atoms with Gasteiger partial charge < -0.3 is 10.2 Å². The van der Waals surface area contributed by atoms with E-state index in [1.54, 1.807) is 0 Å². The second-order valence-electron chi connectivity index (χ2n) is 3.52. The SMILES string of the molecule is Oc1c(O)c(Sc2ccc(Br)cc2)c(Cl)c(Cl)c1Br. The second-order valence-corrected chi connectivity index (χ2v) is 7.07. The van der Waals surface area contributed by atoms with E-state index in [4.69, 9.17) is 23.2 Å². The summed E-state index contributed by atoms with van der Waals surface area (Å²) in [7, 11) is 0. The van der Waals surface area contributed by atoms with Crippen LogP contribution in [-0.2, 0) is 0 Å². The van der Waals surface area contributed by atoms with Crippen LogP contribution in [0.25, 0.3) is 0 Å². The first-order valence-electron chi connectivity index (χ1n) is 4.93. The first-order chi connectivity index (χ1) is 8.91. The molecule has 0 bridgehead atoms. The molecule has 0 amide bonds. The van der Waals surface area contributed by atoms with Crippen molar-refractivity contribution in [1.82, 2.24) is 0 Å². The van der Waals surface area contributed by atoms with Gasteiger partial charge >= 0.3 is 0 Å². The van der Waals surface area contributed by atoms with E-state index >= 15 is 0 Å². The minimum absolute atomic E-state index is 0.163. The normalized spacial score (nSPS) is 10.7. The van der Waals surface area contributed by atoms with Crippen molar-refractivity contribution >= 4 is 66.8 Å². The van der Waals surface area contributed by atoms with E-state index in [0.717, 1.165) is 9.37 Å². The van der Waals surface area contributed by atoms with Crippen molar-refractivity contribution in [3.05, 3.63) is 43.3 Å². The van der Waals surface area contributed by atoms with Crippen molar-refractivity contribution in [2.45, 2.75) is 9.79 Å². The molecule has 19 heavy (non-hydrogen) atoms. The van der Waals surface area contributed by atoms with Crippen LogP contribution in [-0.4, -0.2) is 10.2 Å². The minimum Gasteiger partial charge on any atom is -0.503 e. The van der Waals surface area contributed by atoms with Gasteiger partial charge in [0.1, 0.15) is 0 Å². The third-order valence-electron chi connectivity index (χ3n) is 2.27. The van der Waals surface area contributed by atoms with E-state index in [2.05, 4.69) is 31.9 Å². The van der Waals surface area contributed by atoms with E-state index in [-0.39, 0.29) is 26.0 Å². The summed E-state index contributed by atoms with van der Waals surface area (Å²) in [6.07, 6.45) is 0. The Hall–Kier alpha value is -0.0700. The van der Waals surface area contributed by atoms with Crippen molar-refractivity contribution in [2.75, 3.05) is 0 Å². The third-order valence-corrected chi connectivity index (χ3v) is 5.87. The fourth-order valence-electron chi connectivity index (χ4n) is 1.33. The Labute approximate surface area is 141 Å². The molecule has 2 rings (SSSR count). The highest BCUT2D eigenvalue weighted by molar-refractivity contribution is 9.11. The molecule has 0 aliphatic rings. The maximum Gasteiger partial charge on any atom is 0.174 e. The molecule has 0 aliphatic heterocycles. The van der Waals surface area contributed by atoms with E-state index in [1.807, 2.05) is 24.3 Å². The number of hydrogen-bond donors (Lipinski definition) is 2. The molecule has 0 aromatic heterocycles. The van der Waals surface area contributed by atoms with Gasteiger partial charge in [0.25, 0.3) is 0 Å². The summed E-state index contributed by atoms with van der Waals surface area (Å²) in [5.74, 6) is -0.622. The molecule has 2 aromatic rings. The number of aromatic hydroxyl groups is 2. The van der Waals surface area contributed by atoms with Crippen molar-refractivity contribution in [3.63, 3.8) is 0 Å². The molecule has 0 fully saturated rings. The lowest BCUT2D eigenvalue weighted by Gasteiger charge is -2.12. The highest BCUT2D eigenvalue weighted by Gasteiger charge is 2.21. The maximum absolute atomic E-state index is 9.95. The number of phenolic OH excluding ortho intramolecular Hbond substituents is 2. The van der Waals surface area contributed by atoms with Gasteiger partial charge in [0, 0.05) is 9.37 Å². The van der Waals surface area contributed by atoms with E-state index < -0.39 is 0 Å². The standard InChI is InChI=1S/C12H6Br2Cl2O2S/c13-5-1-3-6(4-2-5)19-12-9(16)8(15)7(14)10(17)11(12)18/h1-4,17-18H. The monoisotopic (exact) mass is 442 g/mol. The lowest BCUT2D eigenvalue weighted by atomic mass is 10.3. The van der Waals surface area contributed by atoms with Crippen LogP contribution in [0.3, 0.4) is 0 Å². The molecule has 0 saturated heterocycles. The summed E-state index contributed by atoms with van der Waals surface area (Å²) < 4.78 is 1.13. The minimum atomic E-state index is -0.325. The molecule has 2 aromatic carbocycles. The number of hydrogen-bond acceptors (Lipinski definition) is 3. The molecule has 0 saturated carbocycles. The molecule has 2 N–H and O–H groups in total. The number of phenols is 2. The van der Waals surface area contributed by atoms with Crippen LogP contribution in [0, 0.1) is 0 Å². The zero-order valence-electron chi connectivity index (χ0n) is 9.12. The van der Waals surface area contributed by atoms with Crippen LogP contribution < -0.4 is 0 Å². The first-order valence-corrected chi connectivity index (χ1v) is 8.09. The Kier molecular flexibility index (Phi) is 4.95. The van der Waals surface area contributed by atoms with Gasteiger partial charge in [-0.3, -0.25) is 0 Å². The van der Waals surface area contributed by atoms with Gasteiger partial charge in [-0.1, -0.05) is 50.9 Å². The van der Waals surface area contributed by atoms with Gasteiger partial charge in [-0.25, -0.2) is 0 Å². The van der Waals surface area contributed by atoms with Gasteiger partial charge in [0.05, 0.1) is 19.4 Å². The first kappa shape index (κ1) is 15.3. The highest BCUT2D eigenvalue weighted by Crippen LogP contribution is 2.51. The molecule has 0 heterocycles. The molecule has 0 radical (unpaired) electrons. The molecule has 0 aliphatic carbocycles. The lowest BCUT2D eigenvalue weighted by molar-refractivity contribution is 0.393. The molecule has 2 nitrogen and oxygen atoms in total. The number of rotatable bonds is 2. The van der Waals surface area contributed by atoms with Crippen LogP contribution in [0.15, 0.2) is 43.0 Å². The summed E-state index contributed by atoms with van der Waals surface area (Å²) in [5.41, 5.74) is 0. The van der Waals surface area contributed by atoms with E-state index in [0.29, 0.717) is 4.90 Å². The fourth-order valence-corrected chi connectivity index (χ4v) is 3.53. The quantitative estimate of drug-likeness (QED) is 0.435. The number of halogens is 4.